The van der Waals surface area contributed by atoms with Crippen LogP contribution in [0.3, 0.4) is 0 Å². The summed E-state index contributed by atoms with van der Waals surface area (Å²) >= 11 is 1.02. The highest BCUT2D eigenvalue weighted by atomic mass is 32.2. The second kappa shape index (κ2) is 6.75. The quantitative estimate of drug-likeness (QED) is 0.829. The van der Waals surface area contributed by atoms with Crippen molar-refractivity contribution in [1.82, 2.24) is 0 Å². The number of alkyl halides is 1. The summed E-state index contributed by atoms with van der Waals surface area (Å²) in [5.41, 5.74) is -0.745. The second-order valence-corrected chi connectivity index (χ2v) is 5.64. The summed E-state index contributed by atoms with van der Waals surface area (Å²) in [6, 6.07) is 9.29. The van der Waals surface area contributed by atoms with Crippen molar-refractivity contribution < 1.29 is 8.78 Å². The maximum Gasteiger partial charge on any atom is 0.158 e. The third-order valence-electron chi connectivity index (χ3n) is 3.05. The predicted octanol–water partition coefficient (Wildman–Crippen LogP) is 3.49. The van der Waals surface area contributed by atoms with Crippen LogP contribution in [0.5, 0.6) is 0 Å². The minimum Gasteiger partial charge on any atom is -0.240 e. The first-order chi connectivity index (χ1) is 11.0. The molecule has 0 aliphatic heterocycles. The Balaban J connectivity index is 2.43. The van der Waals surface area contributed by atoms with Gasteiger partial charge in [-0.25, -0.2) is 8.78 Å². The molecule has 0 saturated heterocycles. The van der Waals surface area contributed by atoms with Gasteiger partial charge in [0.05, 0.1) is 28.8 Å². The lowest BCUT2D eigenvalue weighted by Crippen LogP contribution is -2.17. The SMILES string of the molecule is N#CC1=CC(Sc2cc(C#N)c(F)c(C#N)c2)=CC(C#N)C1F. The maximum absolute atomic E-state index is 13.8. The molecule has 2 rings (SSSR count). The zero-order valence-corrected chi connectivity index (χ0v) is 12.2. The number of nitriles is 4. The van der Waals surface area contributed by atoms with E-state index < -0.39 is 17.9 Å². The molecule has 7 heteroatoms. The summed E-state index contributed by atoms with van der Waals surface area (Å²) in [4.78, 5) is 0.801. The molecule has 1 aliphatic rings. The molecule has 0 radical (unpaired) electrons. The van der Waals surface area contributed by atoms with Crippen molar-refractivity contribution in [2.24, 2.45) is 5.92 Å². The van der Waals surface area contributed by atoms with E-state index in [1.807, 2.05) is 0 Å². The Bertz CT molecular complexity index is 856. The fourth-order valence-corrected chi connectivity index (χ4v) is 2.98. The zero-order chi connectivity index (χ0) is 17.0. The molecule has 0 heterocycles. The van der Waals surface area contributed by atoms with Gasteiger partial charge in [-0.05, 0) is 18.2 Å². The average Bonchev–Trinajstić information content (AvgIpc) is 2.57. The molecule has 2 atom stereocenters. The maximum atomic E-state index is 13.8. The lowest BCUT2D eigenvalue weighted by atomic mass is 9.94. The minimum atomic E-state index is -1.69. The van der Waals surface area contributed by atoms with Gasteiger partial charge in [0.15, 0.2) is 12.0 Å². The van der Waals surface area contributed by atoms with Gasteiger partial charge in [0.25, 0.3) is 0 Å². The summed E-state index contributed by atoms with van der Waals surface area (Å²) < 4.78 is 27.5. The number of hydrogen-bond acceptors (Lipinski definition) is 5. The summed E-state index contributed by atoms with van der Waals surface area (Å²) in [5, 5.41) is 35.6. The molecule has 0 bridgehead atoms. The summed E-state index contributed by atoms with van der Waals surface area (Å²) in [6.07, 6.45) is 0.967. The standard InChI is InChI=1S/C16H6F2N4S/c17-15-9(5-19)1-13(2-10(15)6-20)23-14-3-11(7-21)16(18)12(4-14)8-22/h1-4,9,15H. The Kier molecular flexibility index (Phi) is 4.77. The van der Waals surface area contributed by atoms with E-state index in [2.05, 4.69) is 0 Å². The van der Waals surface area contributed by atoms with Crippen LogP contribution in [-0.4, -0.2) is 6.17 Å². The van der Waals surface area contributed by atoms with Crippen LogP contribution < -0.4 is 0 Å². The first-order valence-electron chi connectivity index (χ1n) is 6.22. The molecule has 0 amide bonds. The van der Waals surface area contributed by atoms with E-state index >= 15 is 0 Å². The van der Waals surface area contributed by atoms with Crippen molar-refractivity contribution in [2.75, 3.05) is 0 Å². The van der Waals surface area contributed by atoms with Crippen molar-refractivity contribution in [2.45, 2.75) is 11.1 Å². The summed E-state index contributed by atoms with van der Waals surface area (Å²) in [7, 11) is 0. The number of nitrogens with zero attached hydrogens (tertiary/aromatic N) is 4. The van der Waals surface area contributed by atoms with Crippen LogP contribution in [0.25, 0.3) is 0 Å². The number of benzene rings is 1. The molecule has 2 unspecified atom stereocenters. The summed E-state index contributed by atoms with van der Waals surface area (Å²) in [6.45, 7) is 0. The van der Waals surface area contributed by atoms with E-state index in [0.717, 1.165) is 11.8 Å². The summed E-state index contributed by atoms with van der Waals surface area (Å²) in [5.74, 6) is -1.99. The van der Waals surface area contributed by atoms with Gasteiger partial charge in [0.2, 0.25) is 0 Å². The number of rotatable bonds is 2. The predicted molar refractivity (Wildman–Crippen MR) is 77.5 cm³/mol. The van der Waals surface area contributed by atoms with Crippen LogP contribution in [0.2, 0.25) is 0 Å². The molecule has 1 aromatic carbocycles. The Morgan fingerprint density at radius 1 is 1.00 bits per heavy atom. The molecule has 110 valence electrons. The number of hydrogen-bond donors (Lipinski definition) is 0. The monoisotopic (exact) mass is 324 g/mol. The van der Waals surface area contributed by atoms with E-state index in [0.29, 0.717) is 9.80 Å². The van der Waals surface area contributed by atoms with Crippen molar-refractivity contribution in [3.8, 4) is 24.3 Å². The number of thioether (sulfide) groups is 1. The smallest absolute Gasteiger partial charge is 0.158 e. The molecule has 0 N–H and O–H groups in total. The van der Waals surface area contributed by atoms with Gasteiger partial charge in [0.1, 0.15) is 18.1 Å². The van der Waals surface area contributed by atoms with Gasteiger partial charge >= 0.3 is 0 Å². The van der Waals surface area contributed by atoms with Gasteiger partial charge in [-0.1, -0.05) is 17.8 Å². The van der Waals surface area contributed by atoms with E-state index in [1.165, 1.54) is 24.3 Å². The van der Waals surface area contributed by atoms with E-state index in [1.54, 1.807) is 24.3 Å². The molecule has 0 spiro atoms. The first kappa shape index (κ1) is 16.2. The minimum absolute atomic E-state index is 0.176. The van der Waals surface area contributed by atoms with Crippen molar-refractivity contribution in [3.05, 3.63) is 51.7 Å². The Labute approximate surface area is 135 Å². The van der Waals surface area contributed by atoms with Crippen molar-refractivity contribution in [3.63, 3.8) is 0 Å². The van der Waals surface area contributed by atoms with Crippen LogP contribution >= 0.6 is 11.8 Å². The molecule has 0 aromatic heterocycles. The zero-order valence-electron chi connectivity index (χ0n) is 11.4. The number of halogens is 2. The highest BCUT2D eigenvalue weighted by Crippen LogP contribution is 2.36. The van der Waals surface area contributed by atoms with Gasteiger partial charge < -0.3 is 0 Å². The highest BCUT2D eigenvalue weighted by Gasteiger charge is 2.27. The Morgan fingerprint density at radius 2 is 1.61 bits per heavy atom. The Hall–Kier alpha value is -3.13. The van der Waals surface area contributed by atoms with E-state index in [9.17, 15) is 8.78 Å². The molecule has 1 aliphatic carbocycles. The van der Waals surface area contributed by atoms with Gasteiger partial charge in [-0.2, -0.15) is 21.0 Å². The largest absolute Gasteiger partial charge is 0.240 e. The van der Waals surface area contributed by atoms with Crippen molar-refractivity contribution >= 4 is 11.8 Å². The van der Waals surface area contributed by atoms with Gasteiger partial charge in [0, 0.05) is 9.80 Å². The normalized spacial score (nSPS) is 19.4. The third kappa shape index (κ3) is 3.22. The van der Waals surface area contributed by atoms with E-state index in [4.69, 9.17) is 21.0 Å². The first-order valence-corrected chi connectivity index (χ1v) is 7.04. The molecule has 4 nitrogen and oxygen atoms in total. The second-order valence-electron chi connectivity index (χ2n) is 4.50. The van der Waals surface area contributed by atoms with Crippen LogP contribution in [0.1, 0.15) is 11.1 Å². The average molecular weight is 324 g/mol. The fourth-order valence-electron chi connectivity index (χ4n) is 1.95. The lowest BCUT2D eigenvalue weighted by Gasteiger charge is -2.17. The highest BCUT2D eigenvalue weighted by molar-refractivity contribution is 8.03. The molecule has 0 fully saturated rings. The van der Waals surface area contributed by atoms with Crippen LogP contribution in [0, 0.1) is 57.1 Å². The van der Waals surface area contributed by atoms with Crippen LogP contribution in [0.4, 0.5) is 8.78 Å². The van der Waals surface area contributed by atoms with Crippen LogP contribution in [-0.2, 0) is 0 Å². The van der Waals surface area contributed by atoms with E-state index in [-0.39, 0.29) is 16.7 Å². The van der Waals surface area contributed by atoms with Crippen LogP contribution in [0.15, 0.2) is 39.7 Å². The lowest BCUT2D eigenvalue weighted by molar-refractivity contribution is 0.347. The molecular formula is C16H6F2N4S. The molecular weight excluding hydrogens is 318 g/mol. The Morgan fingerprint density at radius 3 is 2.09 bits per heavy atom. The molecule has 0 saturated carbocycles. The molecule has 1 aromatic rings. The van der Waals surface area contributed by atoms with Crippen molar-refractivity contribution in [1.29, 1.82) is 21.0 Å². The number of allylic oxidation sites excluding steroid dienone is 3. The van der Waals surface area contributed by atoms with Gasteiger partial charge in [-0.15, -0.1) is 0 Å². The third-order valence-corrected chi connectivity index (χ3v) is 4.02. The topological polar surface area (TPSA) is 95.2 Å². The fraction of sp³-hybridized carbons (Fsp3) is 0.125. The molecule has 23 heavy (non-hydrogen) atoms. The van der Waals surface area contributed by atoms with Gasteiger partial charge in [-0.3, -0.25) is 0 Å².